The molecule has 1 aliphatic rings. The maximum absolute atomic E-state index is 12.2. The van der Waals surface area contributed by atoms with Gasteiger partial charge in [0.15, 0.2) is 0 Å². The van der Waals surface area contributed by atoms with Crippen LogP contribution in [0.5, 0.6) is 0 Å². The number of amides is 1. The van der Waals surface area contributed by atoms with Crippen molar-refractivity contribution in [2.45, 2.75) is 38.1 Å². The van der Waals surface area contributed by atoms with E-state index in [1.807, 2.05) is 12.1 Å². The smallest absolute Gasteiger partial charge is 0.326 e. The van der Waals surface area contributed by atoms with Crippen LogP contribution in [0, 0.1) is 0 Å². The number of carboxylic acid groups (broad SMARTS) is 1. The van der Waals surface area contributed by atoms with Gasteiger partial charge < -0.3 is 15.7 Å². The number of nitrogens with two attached hydrogens (primary N) is 1. The number of carboxylic acids is 1. The van der Waals surface area contributed by atoms with Gasteiger partial charge in [-0.1, -0.05) is 12.1 Å². The summed E-state index contributed by atoms with van der Waals surface area (Å²) >= 11 is 0. The third-order valence-electron chi connectivity index (χ3n) is 3.72. The third-order valence-corrected chi connectivity index (χ3v) is 3.72. The zero-order valence-electron chi connectivity index (χ0n) is 11.4. The Hall–Kier alpha value is -2.04. The number of nitrogens with zero attached hydrogens (tertiary/aromatic N) is 1. The highest BCUT2D eigenvalue weighted by atomic mass is 16.4. The molecule has 0 saturated carbocycles. The van der Waals surface area contributed by atoms with Gasteiger partial charge in [-0.25, -0.2) is 4.79 Å². The van der Waals surface area contributed by atoms with Crippen molar-refractivity contribution in [2.75, 3.05) is 12.3 Å². The van der Waals surface area contributed by atoms with E-state index in [0.29, 0.717) is 31.5 Å². The van der Waals surface area contributed by atoms with Gasteiger partial charge in [0.25, 0.3) is 0 Å². The number of anilines is 1. The van der Waals surface area contributed by atoms with E-state index in [4.69, 9.17) is 10.8 Å². The fraction of sp³-hybridized carbons (Fsp3) is 0.467. The first-order chi connectivity index (χ1) is 9.58. The lowest BCUT2D eigenvalue weighted by Gasteiger charge is -2.33. The van der Waals surface area contributed by atoms with Crippen LogP contribution in [0.2, 0.25) is 0 Å². The van der Waals surface area contributed by atoms with E-state index in [-0.39, 0.29) is 5.91 Å². The van der Waals surface area contributed by atoms with Crippen LogP contribution < -0.4 is 5.73 Å². The lowest BCUT2D eigenvalue weighted by molar-refractivity contribution is -0.152. The van der Waals surface area contributed by atoms with Gasteiger partial charge in [-0.05, 0) is 43.4 Å². The van der Waals surface area contributed by atoms with E-state index in [9.17, 15) is 9.59 Å². The van der Waals surface area contributed by atoms with Crippen LogP contribution in [0.25, 0.3) is 0 Å². The van der Waals surface area contributed by atoms with Gasteiger partial charge in [-0.3, -0.25) is 4.79 Å². The Labute approximate surface area is 118 Å². The zero-order chi connectivity index (χ0) is 14.5. The number of carbonyl (C=O) groups excluding carboxylic acids is 1. The quantitative estimate of drug-likeness (QED) is 0.819. The Morgan fingerprint density at radius 2 is 1.95 bits per heavy atom. The predicted octanol–water partition coefficient (Wildman–Crippen LogP) is 1.67. The van der Waals surface area contributed by atoms with Crippen molar-refractivity contribution in [1.29, 1.82) is 0 Å². The first-order valence-electron chi connectivity index (χ1n) is 6.94. The molecule has 3 N–H and O–H groups in total. The number of nitrogen functional groups attached to an aromatic ring is 1. The molecule has 5 nitrogen and oxygen atoms in total. The third kappa shape index (κ3) is 3.50. The van der Waals surface area contributed by atoms with Crippen LogP contribution in [0.1, 0.15) is 31.2 Å². The van der Waals surface area contributed by atoms with Crippen molar-refractivity contribution in [1.82, 2.24) is 4.90 Å². The van der Waals surface area contributed by atoms with E-state index in [1.165, 1.54) is 4.90 Å². The molecule has 1 aromatic carbocycles. The van der Waals surface area contributed by atoms with Gasteiger partial charge in [0.05, 0.1) is 0 Å². The molecule has 1 fully saturated rings. The number of hydrogen-bond donors (Lipinski definition) is 2. The molecule has 20 heavy (non-hydrogen) atoms. The molecular weight excluding hydrogens is 256 g/mol. The summed E-state index contributed by atoms with van der Waals surface area (Å²) in [5, 5.41) is 9.17. The molecule has 1 amide bonds. The highest BCUT2D eigenvalue weighted by Gasteiger charge is 2.31. The van der Waals surface area contributed by atoms with Crippen molar-refractivity contribution < 1.29 is 14.7 Å². The lowest BCUT2D eigenvalue weighted by Crippen LogP contribution is -2.48. The summed E-state index contributed by atoms with van der Waals surface area (Å²) in [6, 6.07) is 6.75. The van der Waals surface area contributed by atoms with Crippen molar-refractivity contribution in [3.05, 3.63) is 29.8 Å². The normalized spacial score (nSPS) is 18.8. The minimum atomic E-state index is -0.898. The van der Waals surface area contributed by atoms with Crippen molar-refractivity contribution >= 4 is 17.6 Å². The van der Waals surface area contributed by atoms with E-state index in [2.05, 4.69) is 0 Å². The fourth-order valence-electron chi connectivity index (χ4n) is 2.57. The van der Waals surface area contributed by atoms with E-state index in [0.717, 1.165) is 18.4 Å². The molecule has 0 unspecified atom stereocenters. The van der Waals surface area contributed by atoms with Crippen LogP contribution in [0.4, 0.5) is 5.69 Å². The average Bonchev–Trinajstić information content (AvgIpc) is 2.46. The number of hydrogen-bond acceptors (Lipinski definition) is 3. The first kappa shape index (κ1) is 14.4. The van der Waals surface area contributed by atoms with Crippen molar-refractivity contribution in [3.8, 4) is 0 Å². The molecular formula is C15H20N2O3. The molecule has 1 saturated heterocycles. The summed E-state index contributed by atoms with van der Waals surface area (Å²) in [6.45, 7) is 0.553. The van der Waals surface area contributed by atoms with Crippen LogP contribution in [-0.2, 0) is 16.0 Å². The molecule has 1 aliphatic heterocycles. The standard InChI is InChI=1S/C15H20N2O3/c16-12-7-4-11(5-8-12)6-9-14(18)17-10-2-1-3-13(17)15(19)20/h4-5,7-8,13H,1-3,6,9-10,16H2,(H,19,20)/t13-/m0/s1. The van der Waals surface area contributed by atoms with Crippen molar-refractivity contribution in [3.63, 3.8) is 0 Å². The molecule has 0 aromatic heterocycles. The second-order valence-corrected chi connectivity index (χ2v) is 5.18. The van der Waals surface area contributed by atoms with E-state index in [1.54, 1.807) is 12.1 Å². The molecule has 0 radical (unpaired) electrons. The van der Waals surface area contributed by atoms with Gasteiger partial charge in [0.2, 0.25) is 5.91 Å². The summed E-state index contributed by atoms with van der Waals surface area (Å²) in [5.41, 5.74) is 7.35. The topological polar surface area (TPSA) is 83.6 Å². The van der Waals surface area contributed by atoms with Gasteiger partial charge in [-0.2, -0.15) is 0 Å². The van der Waals surface area contributed by atoms with Gasteiger partial charge in [0.1, 0.15) is 6.04 Å². The number of carbonyl (C=O) groups is 2. The molecule has 2 rings (SSSR count). The summed E-state index contributed by atoms with van der Waals surface area (Å²) in [5.74, 6) is -0.973. The number of piperidine rings is 1. The largest absolute Gasteiger partial charge is 0.480 e. The highest BCUT2D eigenvalue weighted by Crippen LogP contribution is 2.19. The minimum absolute atomic E-state index is 0.0751. The maximum atomic E-state index is 12.2. The first-order valence-corrected chi connectivity index (χ1v) is 6.94. The maximum Gasteiger partial charge on any atom is 0.326 e. The van der Waals surface area contributed by atoms with Crippen LogP contribution in [-0.4, -0.2) is 34.5 Å². The Morgan fingerprint density at radius 1 is 1.25 bits per heavy atom. The number of rotatable bonds is 4. The van der Waals surface area contributed by atoms with E-state index >= 15 is 0 Å². The molecule has 5 heteroatoms. The van der Waals surface area contributed by atoms with Gasteiger partial charge >= 0.3 is 5.97 Å². The summed E-state index contributed by atoms with van der Waals surface area (Å²) in [4.78, 5) is 24.9. The summed E-state index contributed by atoms with van der Waals surface area (Å²) in [7, 11) is 0. The monoisotopic (exact) mass is 276 g/mol. The van der Waals surface area contributed by atoms with E-state index < -0.39 is 12.0 Å². The number of aliphatic carboxylic acids is 1. The molecule has 108 valence electrons. The van der Waals surface area contributed by atoms with Gasteiger partial charge in [-0.15, -0.1) is 0 Å². The van der Waals surface area contributed by atoms with Crippen LogP contribution >= 0.6 is 0 Å². The molecule has 0 aliphatic carbocycles. The Kier molecular flexibility index (Phi) is 4.61. The fourth-order valence-corrected chi connectivity index (χ4v) is 2.57. The molecule has 1 atom stereocenters. The number of benzene rings is 1. The highest BCUT2D eigenvalue weighted by molar-refractivity contribution is 5.84. The van der Waals surface area contributed by atoms with Crippen LogP contribution in [0.15, 0.2) is 24.3 Å². The SMILES string of the molecule is Nc1ccc(CCC(=O)N2CCCC[C@H]2C(=O)O)cc1. The zero-order valence-corrected chi connectivity index (χ0v) is 11.4. The minimum Gasteiger partial charge on any atom is -0.480 e. The molecule has 1 heterocycles. The van der Waals surface area contributed by atoms with Crippen LogP contribution in [0.3, 0.4) is 0 Å². The summed E-state index contributed by atoms with van der Waals surface area (Å²) < 4.78 is 0. The Bertz CT molecular complexity index is 484. The average molecular weight is 276 g/mol. The Balaban J connectivity index is 1.93. The second-order valence-electron chi connectivity index (χ2n) is 5.18. The molecule has 1 aromatic rings. The van der Waals surface area contributed by atoms with Gasteiger partial charge in [0, 0.05) is 18.7 Å². The number of aryl methyl sites for hydroxylation is 1. The predicted molar refractivity (Wildman–Crippen MR) is 76.2 cm³/mol. The Morgan fingerprint density at radius 3 is 2.60 bits per heavy atom. The summed E-state index contributed by atoms with van der Waals surface area (Å²) in [6.07, 6.45) is 3.27. The second kappa shape index (κ2) is 6.41. The molecule has 0 spiro atoms. The van der Waals surface area contributed by atoms with Crippen molar-refractivity contribution in [2.24, 2.45) is 0 Å². The molecule has 0 bridgehead atoms. The lowest BCUT2D eigenvalue weighted by atomic mass is 10.0. The number of likely N-dealkylation sites (tertiary alicyclic amines) is 1.